The lowest BCUT2D eigenvalue weighted by Gasteiger charge is -1.94. The molecule has 0 bridgehead atoms. The number of hydrogen-bond acceptors (Lipinski definition) is 5. The van der Waals surface area contributed by atoms with Crippen LogP contribution < -0.4 is 0 Å². The summed E-state index contributed by atoms with van der Waals surface area (Å²) in [5.74, 6) is 0.284. The SMILES string of the molecule is CCOC(=O)c1nc(-c2cc3ccccc3s2)n(C)n1. The normalized spacial score (nSPS) is 10.9. The Morgan fingerprint density at radius 2 is 2.20 bits per heavy atom. The minimum Gasteiger partial charge on any atom is -0.460 e. The molecule has 3 rings (SSSR count). The first-order chi connectivity index (χ1) is 9.69. The first kappa shape index (κ1) is 12.8. The van der Waals surface area contributed by atoms with E-state index >= 15 is 0 Å². The van der Waals surface area contributed by atoms with E-state index in [0.29, 0.717) is 12.4 Å². The van der Waals surface area contributed by atoms with Gasteiger partial charge in [0.1, 0.15) is 0 Å². The number of carbonyl (C=O) groups excluding carboxylic acids is 1. The molecule has 2 heterocycles. The Balaban J connectivity index is 2.03. The van der Waals surface area contributed by atoms with Crippen LogP contribution in [-0.4, -0.2) is 27.3 Å². The van der Waals surface area contributed by atoms with Crippen LogP contribution in [0, 0.1) is 0 Å². The van der Waals surface area contributed by atoms with E-state index in [0.717, 1.165) is 10.3 Å². The van der Waals surface area contributed by atoms with Crippen molar-refractivity contribution < 1.29 is 9.53 Å². The van der Waals surface area contributed by atoms with Gasteiger partial charge in [0, 0.05) is 11.7 Å². The summed E-state index contributed by atoms with van der Waals surface area (Å²) < 4.78 is 7.71. The fraction of sp³-hybridized carbons (Fsp3) is 0.214. The summed E-state index contributed by atoms with van der Waals surface area (Å²) in [4.78, 5) is 16.9. The van der Waals surface area contributed by atoms with Gasteiger partial charge in [0.25, 0.3) is 5.82 Å². The van der Waals surface area contributed by atoms with E-state index in [9.17, 15) is 4.79 Å². The zero-order chi connectivity index (χ0) is 14.1. The van der Waals surface area contributed by atoms with E-state index in [4.69, 9.17) is 4.74 Å². The lowest BCUT2D eigenvalue weighted by molar-refractivity contribution is 0.0512. The van der Waals surface area contributed by atoms with Gasteiger partial charge in [0.05, 0.1) is 11.5 Å². The van der Waals surface area contributed by atoms with Crippen LogP contribution in [0.25, 0.3) is 20.8 Å². The van der Waals surface area contributed by atoms with Crippen molar-refractivity contribution in [3.05, 3.63) is 36.2 Å². The van der Waals surface area contributed by atoms with Crippen LogP contribution in [0.1, 0.15) is 17.5 Å². The maximum absolute atomic E-state index is 11.7. The summed E-state index contributed by atoms with van der Waals surface area (Å²) in [6, 6.07) is 10.2. The maximum Gasteiger partial charge on any atom is 0.378 e. The van der Waals surface area contributed by atoms with Crippen molar-refractivity contribution >= 4 is 27.4 Å². The van der Waals surface area contributed by atoms with Crippen molar-refractivity contribution in [1.82, 2.24) is 14.8 Å². The molecule has 0 saturated heterocycles. The smallest absolute Gasteiger partial charge is 0.378 e. The first-order valence-corrected chi connectivity index (χ1v) is 7.08. The topological polar surface area (TPSA) is 57.0 Å². The number of rotatable bonds is 3. The van der Waals surface area contributed by atoms with E-state index < -0.39 is 5.97 Å². The van der Waals surface area contributed by atoms with Crippen molar-refractivity contribution in [2.24, 2.45) is 7.05 Å². The second-order valence-corrected chi connectivity index (χ2v) is 5.34. The number of aromatic nitrogens is 3. The van der Waals surface area contributed by atoms with Gasteiger partial charge in [0.2, 0.25) is 0 Å². The molecule has 0 saturated carbocycles. The molecule has 102 valence electrons. The van der Waals surface area contributed by atoms with E-state index in [2.05, 4.69) is 28.3 Å². The Morgan fingerprint density at radius 1 is 1.40 bits per heavy atom. The number of fused-ring (bicyclic) bond motifs is 1. The molecule has 0 aliphatic carbocycles. The summed E-state index contributed by atoms with van der Waals surface area (Å²) >= 11 is 1.63. The molecule has 0 aliphatic heterocycles. The predicted molar refractivity (Wildman–Crippen MR) is 77.8 cm³/mol. The Hall–Kier alpha value is -2.21. The molecule has 0 spiro atoms. The molecule has 0 aliphatic rings. The van der Waals surface area contributed by atoms with Crippen LogP contribution in [0.3, 0.4) is 0 Å². The summed E-state index contributed by atoms with van der Waals surface area (Å²) in [5.41, 5.74) is 0. The van der Waals surface area contributed by atoms with E-state index in [1.54, 1.807) is 30.0 Å². The molecule has 0 atom stereocenters. The zero-order valence-electron chi connectivity index (χ0n) is 11.2. The number of thiophene rings is 1. The van der Waals surface area contributed by atoms with Gasteiger partial charge in [-0.25, -0.2) is 14.5 Å². The number of hydrogen-bond donors (Lipinski definition) is 0. The molecule has 3 aromatic rings. The number of carbonyl (C=O) groups is 1. The van der Waals surface area contributed by atoms with Crippen molar-refractivity contribution in [3.63, 3.8) is 0 Å². The third-order valence-electron chi connectivity index (χ3n) is 2.87. The van der Waals surface area contributed by atoms with Gasteiger partial charge in [-0.2, -0.15) is 0 Å². The van der Waals surface area contributed by atoms with Crippen molar-refractivity contribution in [2.45, 2.75) is 6.92 Å². The Bertz CT molecular complexity index is 743. The minimum absolute atomic E-state index is 0.0989. The first-order valence-electron chi connectivity index (χ1n) is 6.26. The van der Waals surface area contributed by atoms with Gasteiger partial charge < -0.3 is 4.74 Å². The Morgan fingerprint density at radius 3 is 2.95 bits per heavy atom. The van der Waals surface area contributed by atoms with Crippen LogP contribution in [0.2, 0.25) is 0 Å². The van der Waals surface area contributed by atoms with Crippen LogP contribution in [0.15, 0.2) is 30.3 Å². The van der Waals surface area contributed by atoms with Crippen molar-refractivity contribution in [3.8, 4) is 10.7 Å². The third kappa shape index (κ3) is 2.18. The Kier molecular flexibility index (Phi) is 3.23. The van der Waals surface area contributed by atoms with Crippen molar-refractivity contribution in [1.29, 1.82) is 0 Å². The number of nitrogens with zero attached hydrogens (tertiary/aromatic N) is 3. The highest BCUT2D eigenvalue weighted by atomic mass is 32.1. The van der Waals surface area contributed by atoms with E-state index in [-0.39, 0.29) is 5.82 Å². The molecule has 2 aromatic heterocycles. The molecule has 6 heteroatoms. The van der Waals surface area contributed by atoms with Gasteiger partial charge in [0.15, 0.2) is 5.82 Å². The maximum atomic E-state index is 11.7. The standard InChI is InChI=1S/C14H13N3O2S/c1-3-19-14(18)12-15-13(17(2)16-12)11-8-9-6-4-5-7-10(9)20-11/h4-8H,3H2,1-2H3. The lowest BCUT2D eigenvalue weighted by Crippen LogP contribution is -2.07. The number of ether oxygens (including phenoxy) is 1. The highest BCUT2D eigenvalue weighted by Crippen LogP contribution is 2.32. The summed E-state index contributed by atoms with van der Waals surface area (Å²) in [5, 5.41) is 5.27. The van der Waals surface area contributed by atoms with Gasteiger partial charge in [-0.05, 0) is 24.4 Å². The monoisotopic (exact) mass is 287 g/mol. The largest absolute Gasteiger partial charge is 0.460 e. The fourth-order valence-electron chi connectivity index (χ4n) is 1.97. The van der Waals surface area contributed by atoms with Gasteiger partial charge in [-0.1, -0.05) is 18.2 Å². The average Bonchev–Trinajstić information content (AvgIpc) is 3.01. The van der Waals surface area contributed by atoms with Crippen LogP contribution in [0.5, 0.6) is 0 Å². The zero-order valence-corrected chi connectivity index (χ0v) is 12.0. The summed E-state index contributed by atoms with van der Waals surface area (Å²) in [7, 11) is 1.77. The molecule has 0 radical (unpaired) electrons. The number of aryl methyl sites for hydroxylation is 1. The second kappa shape index (κ2) is 5.05. The van der Waals surface area contributed by atoms with E-state index in [1.807, 2.05) is 12.1 Å². The molecule has 20 heavy (non-hydrogen) atoms. The van der Waals surface area contributed by atoms with Crippen LogP contribution >= 0.6 is 11.3 Å². The molecule has 0 fully saturated rings. The lowest BCUT2D eigenvalue weighted by atomic mass is 10.2. The van der Waals surface area contributed by atoms with Crippen molar-refractivity contribution in [2.75, 3.05) is 6.61 Å². The summed E-state index contributed by atoms with van der Waals surface area (Å²) in [6.07, 6.45) is 0. The minimum atomic E-state index is -0.490. The molecule has 1 aromatic carbocycles. The second-order valence-electron chi connectivity index (χ2n) is 4.25. The highest BCUT2D eigenvalue weighted by Gasteiger charge is 2.18. The van der Waals surface area contributed by atoms with Gasteiger partial charge in [-0.15, -0.1) is 16.4 Å². The average molecular weight is 287 g/mol. The van der Waals surface area contributed by atoms with E-state index in [1.165, 1.54) is 4.70 Å². The molecular formula is C14H13N3O2S. The van der Waals surface area contributed by atoms with Gasteiger partial charge >= 0.3 is 5.97 Å². The fourth-order valence-corrected chi connectivity index (χ4v) is 3.06. The molecule has 5 nitrogen and oxygen atoms in total. The van der Waals surface area contributed by atoms with Crippen LogP contribution in [0.4, 0.5) is 0 Å². The Labute approximate surface area is 119 Å². The van der Waals surface area contributed by atoms with Gasteiger partial charge in [-0.3, -0.25) is 0 Å². The molecular weight excluding hydrogens is 274 g/mol. The quantitative estimate of drug-likeness (QED) is 0.695. The highest BCUT2D eigenvalue weighted by molar-refractivity contribution is 7.22. The molecule has 0 amide bonds. The van der Waals surface area contributed by atoms with Crippen LogP contribution in [-0.2, 0) is 11.8 Å². The molecule has 0 N–H and O–H groups in total. The third-order valence-corrected chi connectivity index (χ3v) is 3.98. The predicted octanol–water partition coefficient (Wildman–Crippen LogP) is 2.87. The summed E-state index contributed by atoms with van der Waals surface area (Å²) in [6.45, 7) is 2.07. The molecule has 0 unspecified atom stereocenters. The number of benzene rings is 1. The number of esters is 1.